The predicted molar refractivity (Wildman–Crippen MR) is 113 cm³/mol. The van der Waals surface area contributed by atoms with Gasteiger partial charge in [-0.05, 0) is 43.4 Å². The number of aromatic nitrogens is 2. The summed E-state index contributed by atoms with van der Waals surface area (Å²) in [5, 5.41) is 12.8. The zero-order valence-corrected chi connectivity index (χ0v) is 17.3. The molecule has 1 N–H and O–H groups in total. The van der Waals surface area contributed by atoms with Crippen LogP contribution in [0.5, 0.6) is 11.5 Å². The molecular formula is C21H25N3O3S. The number of benzene rings is 1. The number of aryl methyl sites for hydroxylation is 1. The number of ether oxygens (including phenoxy) is 2. The van der Waals surface area contributed by atoms with Gasteiger partial charge < -0.3 is 19.5 Å². The van der Waals surface area contributed by atoms with Gasteiger partial charge in [0, 0.05) is 30.6 Å². The second-order valence-corrected chi connectivity index (χ2v) is 7.99. The number of aliphatic hydroxyl groups is 1. The van der Waals surface area contributed by atoms with E-state index >= 15 is 0 Å². The van der Waals surface area contributed by atoms with Crippen LogP contribution in [0.25, 0.3) is 21.3 Å². The maximum atomic E-state index is 9.64. The normalized spacial score (nSPS) is 17.1. The maximum Gasteiger partial charge on any atom is 0.161 e. The van der Waals surface area contributed by atoms with Gasteiger partial charge in [0.05, 0.1) is 19.6 Å². The number of hydrogen-bond acceptors (Lipinski definition) is 7. The summed E-state index contributed by atoms with van der Waals surface area (Å²) in [5.74, 6) is 3.44. The maximum absolute atomic E-state index is 9.64. The number of anilines is 1. The van der Waals surface area contributed by atoms with Crippen molar-refractivity contribution in [2.75, 3.05) is 38.8 Å². The number of nitrogens with zero attached hydrogens (tertiary/aromatic N) is 3. The third-order valence-corrected chi connectivity index (χ3v) is 6.17. The summed E-state index contributed by atoms with van der Waals surface area (Å²) in [4.78, 5) is 12.8. The van der Waals surface area contributed by atoms with E-state index in [9.17, 15) is 5.11 Å². The van der Waals surface area contributed by atoms with Crippen molar-refractivity contribution in [1.29, 1.82) is 0 Å². The largest absolute Gasteiger partial charge is 0.493 e. The van der Waals surface area contributed by atoms with Crippen LogP contribution in [0.4, 0.5) is 5.82 Å². The third-order valence-electron chi connectivity index (χ3n) is 5.30. The summed E-state index contributed by atoms with van der Waals surface area (Å²) in [6.45, 7) is 3.93. The zero-order chi connectivity index (χ0) is 19.7. The Morgan fingerprint density at radius 3 is 2.79 bits per heavy atom. The molecule has 1 aromatic carbocycles. The van der Waals surface area contributed by atoms with Crippen LogP contribution in [-0.4, -0.2) is 49.0 Å². The topological polar surface area (TPSA) is 67.7 Å². The summed E-state index contributed by atoms with van der Waals surface area (Å²) in [7, 11) is 3.29. The molecule has 1 unspecified atom stereocenters. The molecule has 1 atom stereocenters. The van der Waals surface area contributed by atoms with E-state index in [1.54, 1.807) is 25.6 Å². The monoisotopic (exact) mass is 399 g/mol. The van der Waals surface area contributed by atoms with Gasteiger partial charge in [-0.15, -0.1) is 11.3 Å². The summed E-state index contributed by atoms with van der Waals surface area (Å²) < 4.78 is 10.9. The highest BCUT2D eigenvalue weighted by atomic mass is 32.1. The Labute approximate surface area is 168 Å². The van der Waals surface area contributed by atoms with E-state index in [0.717, 1.165) is 58.9 Å². The lowest BCUT2D eigenvalue weighted by molar-refractivity contribution is 0.208. The van der Waals surface area contributed by atoms with Gasteiger partial charge in [0.25, 0.3) is 0 Å². The van der Waals surface area contributed by atoms with Crippen molar-refractivity contribution in [2.24, 2.45) is 5.92 Å². The molecule has 28 heavy (non-hydrogen) atoms. The minimum absolute atomic E-state index is 0.218. The fourth-order valence-corrected chi connectivity index (χ4v) is 4.87. The van der Waals surface area contributed by atoms with Gasteiger partial charge in [0.1, 0.15) is 16.5 Å². The van der Waals surface area contributed by atoms with Gasteiger partial charge in [0.15, 0.2) is 11.5 Å². The van der Waals surface area contributed by atoms with Crippen LogP contribution >= 0.6 is 11.3 Å². The average molecular weight is 400 g/mol. The Hall–Kier alpha value is -2.38. The van der Waals surface area contributed by atoms with Crippen molar-refractivity contribution in [3.63, 3.8) is 0 Å². The van der Waals surface area contributed by atoms with Crippen molar-refractivity contribution in [3.05, 3.63) is 29.4 Å². The first kappa shape index (κ1) is 19.0. The third kappa shape index (κ3) is 3.40. The number of hydrogen-bond donors (Lipinski definition) is 1. The standard InChI is InChI=1S/C21H25N3O3S/c1-13-22-20(24-8-4-5-14(10-24)11-25)19-16(12-28-21(19)23-13)15-6-7-17(26-2)18(9-15)27-3/h6-7,9,12,14,25H,4-5,8,10-11H2,1-3H3. The van der Waals surface area contributed by atoms with Gasteiger partial charge in [-0.25, -0.2) is 9.97 Å². The van der Waals surface area contributed by atoms with Crippen LogP contribution in [0.2, 0.25) is 0 Å². The minimum atomic E-state index is 0.218. The van der Waals surface area contributed by atoms with Crippen molar-refractivity contribution in [1.82, 2.24) is 9.97 Å². The molecule has 7 heteroatoms. The summed E-state index contributed by atoms with van der Waals surface area (Å²) in [5.41, 5.74) is 2.15. The fraction of sp³-hybridized carbons (Fsp3) is 0.429. The van der Waals surface area contributed by atoms with Crippen LogP contribution in [0.1, 0.15) is 18.7 Å². The Balaban J connectivity index is 1.85. The van der Waals surface area contributed by atoms with Crippen LogP contribution in [0, 0.1) is 12.8 Å². The SMILES string of the molecule is COc1ccc(-c2csc3nc(C)nc(N4CCCC(CO)C4)c23)cc1OC. The molecule has 3 heterocycles. The van der Waals surface area contributed by atoms with Gasteiger partial charge in [-0.2, -0.15) is 0 Å². The van der Waals surface area contributed by atoms with Crippen LogP contribution in [0.3, 0.4) is 0 Å². The molecule has 0 bridgehead atoms. The second-order valence-electron chi connectivity index (χ2n) is 7.13. The van der Waals surface area contributed by atoms with Crippen LogP contribution in [0.15, 0.2) is 23.6 Å². The van der Waals surface area contributed by atoms with E-state index in [0.29, 0.717) is 17.4 Å². The lowest BCUT2D eigenvalue weighted by Crippen LogP contribution is -2.37. The van der Waals surface area contributed by atoms with E-state index in [1.165, 1.54) is 0 Å². The van der Waals surface area contributed by atoms with Gasteiger partial charge >= 0.3 is 0 Å². The Morgan fingerprint density at radius 2 is 2.04 bits per heavy atom. The van der Waals surface area contributed by atoms with Crippen molar-refractivity contribution < 1.29 is 14.6 Å². The van der Waals surface area contributed by atoms with E-state index in [4.69, 9.17) is 14.5 Å². The number of methoxy groups -OCH3 is 2. The number of thiophene rings is 1. The average Bonchev–Trinajstić information content (AvgIpc) is 3.16. The molecule has 1 fully saturated rings. The Morgan fingerprint density at radius 1 is 1.21 bits per heavy atom. The van der Waals surface area contributed by atoms with Crippen molar-refractivity contribution in [2.45, 2.75) is 19.8 Å². The van der Waals surface area contributed by atoms with Gasteiger partial charge in [0.2, 0.25) is 0 Å². The summed E-state index contributed by atoms with van der Waals surface area (Å²) in [6.07, 6.45) is 2.12. The number of fused-ring (bicyclic) bond motifs is 1. The fourth-order valence-electron chi connectivity index (χ4n) is 3.88. The van der Waals surface area contributed by atoms with Crippen LogP contribution < -0.4 is 14.4 Å². The molecule has 1 saturated heterocycles. The number of aliphatic hydroxyl groups excluding tert-OH is 1. The first-order valence-corrected chi connectivity index (χ1v) is 10.4. The zero-order valence-electron chi connectivity index (χ0n) is 16.4. The smallest absolute Gasteiger partial charge is 0.161 e. The van der Waals surface area contributed by atoms with Crippen LogP contribution in [-0.2, 0) is 0 Å². The van der Waals surface area contributed by atoms with E-state index in [2.05, 4.69) is 15.3 Å². The molecule has 0 aliphatic carbocycles. The molecule has 3 aromatic rings. The highest BCUT2D eigenvalue weighted by Gasteiger charge is 2.25. The minimum Gasteiger partial charge on any atom is -0.493 e. The molecule has 4 rings (SSSR count). The van der Waals surface area contributed by atoms with Gasteiger partial charge in [-0.1, -0.05) is 6.07 Å². The number of rotatable bonds is 5. The van der Waals surface area contributed by atoms with Gasteiger partial charge in [-0.3, -0.25) is 0 Å². The Bertz CT molecular complexity index is 988. The summed E-state index contributed by atoms with van der Waals surface area (Å²) in [6, 6.07) is 5.96. The number of piperidine rings is 1. The molecule has 0 radical (unpaired) electrons. The van der Waals surface area contributed by atoms with E-state index in [1.807, 2.05) is 25.1 Å². The molecule has 1 aliphatic rings. The van der Waals surface area contributed by atoms with E-state index in [-0.39, 0.29) is 6.61 Å². The predicted octanol–water partition coefficient (Wildman–Crippen LogP) is 3.89. The quantitative estimate of drug-likeness (QED) is 0.702. The molecule has 0 amide bonds. The van der Waals surface area contributed by atoms with Crippen molar-refractivity contribution in [3.8, 4) is 22.6 Å². The summed E-state index contributed by atoms with van der Waals surface area (Å²) >= 11 is 1.63. The highest BCUT2D eigenvalue weighted by molar-refractivity contribution is 7.17. The Kier molecular flexibility index (Phi) is 5.37. The molecule has 1 aliphatic heterocycles. The first-order chi connectivity index (χ1) is 13.6. The second kappa shape index (κ2) is 7.93. The molecular weight excluding hydrogens is 374 g/mol. The first-order valence-electron chi connectivity index (χ1n) is 9.48. The molecule has 148 valence electrons. The highest BCUT2D eigenvalue weighted by Crippen LogP contribution is 2.41. The van der Waals surface area contributed by atoms with E-state index < -0.39 is 0 Å². The molecule has 2 aromatic heterocycles. The van der Waals surface area contributed by atoms with Crippen molar-refractivity contribution >= 4 is 27.4 Å². The molecule has 6 nitrogen and oxygen atoms in total. The lowest BCUT2D eigenvalue weighted by Gasteiger charge is -2.33. The molecule has 0 saturated carbocycles. The molecule has 0 spiro atoms. The lowest BCUT2D eigenvalue weighted by atomic mass is 9.98.